The summed E-state index contributed by atoms with van der Waals surface area (Å²) in [5, 5.41) is 2.99. The summed E-state index contributed by atoms with van der Waals surface area (Å²) in [5.41, 5.74) is 1.91. The Morgan fingerprint density at radius 2 is 1.97 bits per heavy atom. The molecule has 10 heteroatoms. The Kier molecular flexibility index (Phi) is 7.61. The highest BCUT2D eigenvalue weighted by Gasteiger charge is 2.33. The maximum atomic E-state index is 13.3. The maximum Gasteiger partial charge on any atom is 0.419 e. The third kappa shape index (κ3) is 5.43. The first-order chi connectivity index (χ1) is 16.8. The molecule has 35 heavy (non-hydrogen) atoms. The van der Waals surface area contributed by atoms with Crippen LogP contribution in [0.3, 0.4) is 0 Å². The largest absolute Gasteiger partial charge is 0.419 e. The van der Waals surface area contributed by atoms with Crippen LogP contribution in [0, 0.1) is 5.92 Å². The number of hydrogen-bond donors (Lipinski definition) is 1. The number of para-hydroxylation sites is 1. The van der Waals surface area contributed by atoms with Gasteiger partial charge in [0.05, 0.1) is 16.3 Å². The number of aryl methyl sites for hydroxylation is 1. The second kappa shape index (κ2) is 10.7. The molecule has 1 aromatic heterocycles. The SMILES string of the molecule is CCN(CCCNC(=O)C1CCCN(S(=O)(=O)c2ccc3c(c2)oc(=O)n3C)C1)c1ccccc1. The summed E-state index contributed by atoms with van der Waals surface area (Å²) in [6.07, 6.45) is 2.05. The van der Waals surface area contributed by atoms with E-state index in [2.05, 4.69) is 29.3 Å². The number of oxazole rings is 1. The highest BCUT2D eigenvalue weighted by atomic mass is 32.2. The number of hydrogen-bond acceptors (Lipinski definition) is 6. The zero-order valence-electron chi connectivity index (χ0n) is 20.1. The first-order valence-electron chi connectivity index (χ1n) is 12.0. The molecule has 2 aromatic carbocycles. The molecule has 1 aliphatic heterocycles. The Labute approximate surface area is 205 Å². The lowest BCUT2D eigenvalue weighted by Gasteiger charge is -2.31. The Bertz CT molecular complexity index is 1330. The number of nitrogens with zero attached hydrogens (tertiary/aromatic N) is 3. The third-order valence-electron chi connectivity index (χ3n) is 6.56. The highest BCUT2D eigenvalue weighted by Crippen LogP contribution is 2.26. The van der Waals surface area contributed by atoms with E-state index < -0.39 is 21.7 Å². The first kappa shape index (κ1) is 25.0. The fraction of sp³-hybridized carbons (Fsp3) is 0.440. The lowest BCUT2D eigenvalue weighted by molar-refractivity contribution is -0.126. The van der Waals surface area contributed by atoms with E-state index in [0.29, 0.717) is 31.4 Å². The van der Waals surface area contributed by atoms with Crippen LogP contribution in [0.1, 0.15) is 26.2 Å². The van der Waals surface area contributed by atoms with Crippen LogP contribution in [0.4, 0.5) is 5.69 Å². The number of aromatic nitrogens is 1. The van der Waals surface area contributed by atoms with Crippen molar-refractivity contribution < 1.29 is 17.6 Å². The molecule has 1 fully saturated rings. The molecule has 0 saturated carbocycles. The molecule has 0 aliphatic carbocycles. The molecule has 1 saturated heterocycles. The van der Waals surface area contributed by atoms with E-state index in [-0.39, 0.29) is 22.9 Å². The van der Waals surface area contributed by atoms with Gasteiger partial charge in [0, 0.05) is 51.5 Å². The standard InChI is InChI=1S/C25H32N4O5S/c1-3-28(20-10-5-4-6-11-20)15-8-14-26-24(30)19-9-7-16-29(18-19)35(32,33)21-12-13-22-23(17-21)34-25(31)27(22)2/h4-6,10-13,17,19H,3,7-9,14-16,18H2,1-2H3,(H,26,30). The Morgan fingerprint density at radius 1 is 1.20 bits per heavy atom. The molecule has 188 valence electrons. The van der Waals surface area contributed by atoms with Crippen molar-refractivity contribution >= 4 is 32.7 Å². The average Bonchev–Trinajstić information content (AvgIpc) is 3.17. The minimum atomic E-state index is -3.82. The normalized spacial score (nSPS) is 16.9. The van der Waals surface area contributed by atoms with Gasteiger partial charge >= 0.3 is 5.76 Å². The van der Waals surface area contributed by atoms with Crippen molar-refractivity contribution in [3.63, 3.8) is 0 Å². The van der Waals surface area contributed by atoms with Crippen LogP contribution >= 0.6 is 0 Å². The molecule has 0 bridgehead atoms. The number of sulfonamides is 1. The molecular formula is C25H32N4O5S. The van der Waals surface area contributed by atoms with Gasteiger partial charge in [-0.25, -0.2) is 13.2 Å². The zero-order chi connectivity index (χ0) is 25.0. The second-order valence-corrected chi connectivity index (χ2v) is 10.8. The van der Waals surface area contributed by atoms with E-state index in [1.165, 1.54) is 21.0 Å². The van der Waals surface area contributed by atoms with Crippen LogP contribution in [0.2, 0.25) is 0 Å². The molecule has 0 radical (unpaired) electrons. The van der Waals surface area contributed by atoms with Crippen LogP contribution < -0.4 is 16.0 Å². The Hall–Kier alpha value is -3.11. The van der Waals surface area contributed by atoms with Gasteiger partial charge in [0.1, 0.15) is 0 Å². The van der Waals surface area contributed by atoms with Crippen molar-refractivity contribution in [3.05, 3.63) is 59.1 Å². The van der Waals surface area contributed by atoms with Crippen LogP contribution in [0.15, 0.2) is 62.6 Å². The number of nitrogens with one attached hydrogen (secondary N) is 1. The van der Waals surface area contributed by atoms with Crippen molar-refractivity contribution in [1.29, 1.82) is 0 Å². The van der Waals surface area contributed by atoms with E-state index >= 15 is 0 Å². The summed E-state index contributed by atoms with van der Waals surface area (Å²) >= 11 is 0. The van der Waals surface area contributed by atoms with Crippen molar-refractivity contribution in [2.75, 3.05) is 37.6 Å². The quantitative estimate of drug-likeness (QED) is 0.453. The Balaban J connectivity index is 1.34. The molecular weight excluding hydrogens is 468 g/mol. The van der Waals surface area contributed by atoms with E-state index in [1.807, 2.05) is 18.2 Å². The zero-order valence-corrected chi connectivity index (χ0v) is 21.0. The number of rotatable bonds is 9. The van der Waals surface area contributed by atoms with Gasteiger partial charge in [0.15, 0.2) is 5.58 Å². The smallest absolute Gasteiger partial charge is 0.408 e. The third-order valence-corrected chi connectivity index (χ3v) is 8.42. The van der Waals surface area contributed by atoms with Crippen molar-refractivity contribution in [3.8, 4) is 0 Å². The summed E-state index contributed by atoms with van der Waals surface area (Å²) < 4.78 is 34.3. The molecule has 0 spiro atoms. The molecule has 1 amide bonds. The predicted molar refractivity (Wildman–Crippen MR) is 135 cm³/mol. The minimum Gasteiger partial charge on any atom is -0.408 e. The number of amides is 1. The summed E-state index contributed by atoms with van der Waals surface area (Å²) in [7, 11) is -2.25. The van der Waals surface area contributed by atoms with Crippen LogP contribution in [0.25, 0.3) is 11.1 Å². The number of fused-ring (bicyclic) bond motifs is 1. The molecule has 1 aliphatic rings. The molecule has 1 unspecified atom stereocenters. The van der Waals surface area contributed by atoms with Gasteiger partial charge in [-0.3, -0.25) is 9.36 Å². The number of anilines is 1. The van der Waals surface area contributed by atoms with Crippen molar-refractivity contribution in [1.82, 2.24) is 14.2 Å². The van der Waals surface area contributed by atoms with Gasteiger partial charge in [-0.1, -0.05) is 18.2 Å². The summed E-state index contributed by atoms with van der Waals surface area (Å²) in [6, 6.07) is 14.6. The van der Waals surface area contributed by atoms with Gasteiger partial charge < -0.3 is 14.6 Å². The van der Waals surface area contributed by atoms with Crippen LogP contribution in [-0.4, -0.2) is 55.9 Å². The number of carbonyl (C=O) groups is 1. The average molecular weight is 501 g/mol. The highest BCUT2D eigenvalue weighted by molar-refractivity contribution is 7.89. The molecule has 1 atom stereocenters. The van der Waals surface area contributed by atoms with Gasteiger partial charge in [0.2, 0.25) is 15.9 Å². The van der Waals surface area contributed by atoms with Gasteiger partial charge in [-0.2, -0.15) is 4.31 Å². The second-order valence-electron chi connectivity index (χ2n) is 8.82. The van der Waals surface area contributed by atoms with E-state index in [4.69, 9.17) is 4.42 Å². The van der Waals surface area contributed by atoms with E-state index in [9.17, 15) is 18.0 Å². The van der Waals surface area contributed by atoms with Gasteiger partial charge in [0.25, 0.3) is 0 Å². The topological polar surface area (TPSA) is 105 Å². The van der Waals surface area contributed by atoms with E-state index in [0.717, 1.165) is 25.2 Å². The van der Waals surface area contributed by atoms with Crippen molar-refractivity contribution in [2.24, 2.45) is 13.0 Å². The fourth-order valence-corrected chi connectivity index (χ4v) is 6.07. The van der Waals surface area contributed by atoms with Gasteiger partial charge in [-0.05, 0) is 50.5 Å². The lowest BCUT2D eigenvalue weighted by atomic mass is 9.99. The van der Waals surface area contributed by atoms with Crippen LogP contribution in [-0.2, 0) is 21.9 Å². The minimum absolute atomic E-state index is 0.0565. The molecule has 9 nitrogen and oxygen atoms in total. The molecule has 3 aromatic rings. The lowest BCUT2D eigenvalue weighted by Crippen LogP contribution is -2.45. The number of carbonyl (C=O) groups excluding carboxylic acids is 1. The fourth-order valence-electron chi connectivity index (χ4n) is 4.53. The molecule has 2 heterocycles. The van der Waals surface area contributed by atoms with Crippen LogP contribution in [0.5, 0.6) is 0 Å². The number of piperidine rings is 1. The first-order valence-corrected chi connectivity index (χ1v) is 13.4. The van der Waals surface area contributed by atoms with Gasteiger partial charge in [-0.15, -0.1) is 0 Å². The summed E-state index contributed by atoms with van der Waals surface area (Å²) in [5.74, 6) is -1.06. The number of benzene rings is 2. The van der Waals surface area contributed by atoms with E-state index in [1.54, 1.807) is 13.1 Å². The predicted octanol–water partition coefficient (Wildman–Crippen LogP) is 2.57. The maximum absolute atomic E-state index is 13.3. The molecule has 1 N–H and O–H groups in total. The monoisotopic (exact) mass is 500 g/mol. The summed E-state index contributed by atoms with van der Waals surface area (Å²) in [4.78, 5) is 26.9. The molecule has 4 rings (SSSR count). The Morgan fingerprint density at radius 3 is 2.71 bits per heavy atom. The summed E-state index contributed by atoms with van der Waals surface area (Å²) in [6.45, 7) is 4.83. The van der Waals surface area contributed by atoms with Crippen molar-refractivity contribution in [2.45, 2.75) is 31.1 Å².